The SMILES string of the molecule is Cc1ccc(N2CCC(C(N)=O)C2)c(CO)c1. The van der Waals surface area contributed by atoms with Crippen LogP contribution in [0, 0.1) is 12.8 Å². The number of aliphatic hydroxyl groups is 1. The Morgan fingerprint density at radius 3 is 2.94 bits per heavy atom. The standard InChI is InChI=1S/C13H18N2O2/c1-9-2-3-12(11(6-9)8-16)15-5-4-10(7-15)13(14)17/h2-3,6,10,16H,4-5,7-8H2,1H3,(H2,14,17). The van der Waals surface area contributed by atoms with Crippen LogP contribution in [0.25, 0.3) is 0 Å². The molecule has 0 radical (unpaired) electrons. The Balaban J connectivity index is 2.21. The Morgan fingerprint density at radius 2 is 2.35 bits per heavy atom. The number of hydrogen-bond acceptors (Lipinski definition) is 3. The number of aryl methyl sites for hydroxylation is 1. The summed E-state index contributed by atoms with van der Waals surface area (Å²) in [5.41, 5.74) is 8.37. The van der Waals surface area contributed by atoms with E-state index >= 15 is 0 Å². The van der Waals surface area contributed by atoms with E-state index < -0.39 is 0 Å². The first-order valence-electron chi connectivity index (χ1n) is 5.86. The van der Waals surface area contributed by atoms with Gasteiger partial charge in [0.15, 0.2) is 0 Å². The van der Waals surface area contributed by atoms with Gasteiger partial charge in [0.05, 0.1) is 12.5 Å². The number of carbonyl (C=O) groups excluding carboxylic acids is 1. The number of carbonyl (C=O) groups is 1. The molecule has 4 heteroatoms. The van der Waals surface area contributed by atoms with Crippen LogP contribution in [-0.4, -0.2) is 24.1 Å². The largest absolute Gasteiger partial charge is 0.392 e. The van der Waals surface area contributed by atoms with Crippen molar-refractivity contribution in [1.82, 2.24) is 0 Å². The molecule has 92 valence electrons. The number of nitrogens with two attached hydrogens (primary N) is 1. The van der Waals surface area contributed by atoms with E-state index in [4.69, 9.17) is 5.73 Å². The van der Waals surface area contributed by atoms with Crippen LogP contribution in [0.15, 0.2) is 18.2 Å². The van der Waals surface area contributed by atoms with Crippen LogP contribution >= 0.6 is 0 Å². The van der Waals surface area contributed by atoms with Crippen molar-refractivity contribution in [2.24, 2.45) is 11.7 Å². The summed E-state index contributed by atoms with van der Waals surface area (Å²) < 4.78 is 0. The minimum absolute atomic E-state index is 0.0226. The predicted molar refractivity (Wildman–Crippen MR) is 66.6 cm³/mol. The highest BCUT2D eigenvalue weighted by Gasteiger charge is 2.27. The average molecular weight is 234 g/mol. The van der Waals surface area contributed by atoms with Gasteiger partial charge >= 0.3 is 0 Å². The van der Waals surface area contributed by atoms with E-state index in [1.165, 1.54) is 0 Å². The van der Waals surface area contributed by atoms with Crippen LogP contribution in [0.2, 0.25) is 0 Å². The molecule has 2 rings (SSSR count). The van der Waals surface area contributed by atoms with Crippen molar-refractivity contribution < 1.29 is 9.90 Å². The third kappa shape index (κ3) is 2.42. The number of aliphatic hydroxyl groups excluding tert-OH is 1. The Bertz CT molecular complexity index is 431. The molecule has 1 unspecified atom stereocenters. The molecule has 4 nitrogen and oxygen atoms in total. The van der Waals surface area contributed by atoms with Crippen molar-refractivity contribution in [3.8, 4) is 0 Å². The normalized spacial score (nSPS) is 19.6. The number of primary amides is 1. The molecular weight excluding hydrogens is 216 g/mol. The molecule has 0 aromatic heterocycles. The molecule has 1 fully saturated rings. The molecule has 1 aliphatic rings. The van der Waals surface area contributed by atoms with Gasteiger partial charge in [0, 0.05) is 24.3 Å². The van der Waals surface area contributed by atoms with Gasteiger partial charge in [0.2, 0.25) is 5.91 Å². The summed E-state index contributed by atoms with van der Waals surface area (Å²) in [6.07, 6.45) is 0.800. The van der Waals surface area contributed by atoms with E-state index in [0.717, 1.165) is 29.8 Å². The summed E-state index contributed by atoms with van der Waals surface area (Å²) in [5, 5.41) is 9.36. The van der Waals surface area contributed by atoms with E-state index in [0.29, 0.717) is 6.54 Å². The molecule has 1 aromatic carbocycles. The van der Waals surface area contributed by atoms with Crippen molar-refractivity contribution >= 4 is 11.6 Å². The third-order valence-electron chi connectivity index (χ3n) is 3.34. The van der Waals surface area contributed by atoms with E-state index in [1.807, 2.05) is 25.1 Å². The van der Waals surface area contributed by atoms with Gasteiger partial charge in [-0.25, -0.2) is 0 Å². The lowest BCUT2D eigenvalue weighted by Gasteiger charge is -2.21. The van der Waals surface area contributed by atoms with E-state index in [9.17, 15) is 9.90 Å². The second-order valence-electron chi connectivity index (χ2n) is 4.62. The maximum atomic E-state index is 11.1. The zero-order valence-corrected chi connectivity index (χ0v) is 10.0. The maximum absolute atomic E-state index is 11.1. The smallest absolute Gasteiger partial charge is 0.222 e. The lowest BCUT2D eigenvalue weighted by atomic mass is 10.1. The van der Waals surface area contributed by atoms with Crippen molar-refractivity contribution in [2.75, 3.05) is 18.0 Å². The summed E-state index contributed by atoms with van der Waals surface area (Å²) in [5.74, 6) is -0.298. The highest BCUT2D eigenvalue weighted by Crippen LogP contribution is 2.27. The molecular formula is C13H18N2O2. The first kappa shape index (κ1) is 11.9. The van der Waals surface area contributed by atoms with Crippen molar-refractivity contribution in [3.63, 3.8) is 0 Å². The molecule has 0 spiro atoms. The number of benzene rings is 1. The Kier molecular flexibility index (Phi) is 3.33. The molecule has 17 heavy (non-hydrogen) atoms. The Hall–Kier alpha value is -1.55. The summed E-state index contributed by atoms with van der Waals surface area (Å²) in [6, 6.07) is 6.00. The minimum atomic E-state index is -0.231. The van der Waals surface area contributed by atoms with Crippen molar-refractivity contribution in [3.05, 3.63) is 29.3 Å². The zero-order valence-electron chi connectivity index (χ0n) is 10.0. The van der Waals surface area contributed by atoms with Gasteiger partial charge in [-0.15, -0.1) is 0 Å². The highest BCUT2D eigenvalue weighted by molar-refractivity contribution is 5.78. The summed E-state index contributed by atoms with van der Waals surface area (Å²) >= 11 is 0. The molecule has 1 heterocycles. The number of anilines is 1. The van der Waals surface area contributed by atoms with Gasteiger partial charge in [0.25, 0.3) is 0 Å². The quantitative estimate of drug-likeness (QED) is 0.813. The van der Waals surface area contributed by atoms with Crippen molar-refractivity contribution in [2.45, 2.75) is 20.0 Å². The fourth-order valence-electron chi connectivity index (χ4n) is 2.36. The second kappa shape index (κ2) is 4.75. The van der Waals surface area contributed by atoms with Gasteiger partial charge in [-0.05, 0) is 19.4 Å². The van der Waals surface area contributed by atoms with Crippen LogP contribution in [0.4, 0.5) is 5.69 Å². The average Bonchev–Trinajstić information content (AvgIpc) is 2.78. The van der Waals surface area contributed by atoms with Crippen LogP contribution < -0.4 is 10.6 Å². The Labute approximate surface area is 101 Å². The monoisotopic (exact) mass is 234 g/mol. The number of rotatable bonds is 3. The molecule has 0 bridgehead atoms. The molecule has 1 aromatic rings. The number of nitrogens with zero attached hydrogens (tertiary/aromatic N) is 1. The molecule has 1 atom stereocenters. The molecule has 3 N–H and O–H groups in total. The van der Waals surface area contributed by atoms with Crippen molar-refractivity contribution in [1.29, 1.82) is 0 Å². The fourth-order valence-corrected chi connectivity index (χ4v) is 2.36. The van der Waals surface area contributed by atoms with E-state index in [2.05, 4.69) is 4.90 Å². The van der Waals surface area contributed by atoms with Crippen LogP contribution in [0.5, 0.6) is 0 Å². The number of hydrogen-bond donors (Lipinski definition) is 2. The molecule has 0 saturated carbocycles. The summed E-state index contributed by atoms with van der Waals surface area (Å²) in [4.78, 5) is 13.3. The van der Waals surface area contributed by atoms with E-state index in [-0.39, 0.29) is 18.4 Å². The predicted octanol–water partition coefficient (Wildman–Crippen LogP) is 0.799. The topological polar surface area (TPSA) is 66.6 Å². The fraction of sp³-hybridized carbons (Fsp3) is 0.462. The maximum Gasteiger partial charge on any atom is 0.222 e. The lowest BCUT2D eigenvalue weighted by Crippen LogP contribution is -2.27. The highest BCUT2D eigenvalue weighted by atomic mass is 16.3. The van der Waals surface area contributed by atoms with Gasteiger partial charge in [0.1, 0.15) is 0 Å². The zero-order chi connectivity index (χ0) is 12.4. The molecule has 1 saturated heterocycles. The van der Waals surface area contributed by atoms with Crippen LogP contribution in [0.1, 0.15) is 17.5 Å². The van der Waals surface area contributed by atoms with Gasteiger partial charge in [-0.3, -0.25) is 4.79 Å². The van der Waals surface area contributed by atoms with Gasteiger partial charge in [-0.1, -0.05) is 17.7 Å². The van der Waals surface area contributed by atoms with Gasteiger partial charge in [-0.2, -0.15) is 0 Å². The summed E-state index contributed by atoms with van der Waals surface area (Å²) in [6.45, 7) is 3.50. The van der Waals surface area contributed by atoms with Gasteiger partial charge < -0.3 is 15.7 Å². The lowest BCUT2D eigenvalue weighted by molar-refractivity contribution is -0.121. The summed E-state index contributed by atoms with van der Waals surface area (Å²) in [7, 11) is 0. The first-order chi connectivity index (χ1) is 8.11. The minimum Gasteiger partial charge on any atom is -0.392 e. The van der Waals surface area contributed by atoms with Crippen LogP contribution in [0.3, 0.4) is 0 Å². The molecule has 1 amide bonds. The second-order valence-corrected chi connectivity index (χ2v) is 4.62. The Morgan fingerprint density at radius 1 is 1.59 bits per heavy atom. The number of amides is 1. The van der Waals surface area contributed by atoms with Crippen LogP contribution in [-0.2, 0) is 11.4 Å². The third-order valence-corrected chi connectivity index (χ3v) is 3.34. The molecule has 1 aliphatic heterocycles. The van der Waals surface area contributed by atoms with E-state index in [1.54, 1.807) is 0 Å². The first-order valence-corrected chi connectivity index (χ1v) is 5.86. The molecule has 0 aliphatic carbocycles.